The fraction of sp³-hybridized carbons (Fsp3) is 0.571. The van der Waals surface area contributed by atoms with E-state index in [-0.39, 0.29) is 23.8 Å². The summed E-state index contributed by atoms with van der Waals surface area (Å²) in [6, 6.07) is 1.52. The quantitative estimate of drug-likeness (QED) is 0.841. The van der Waals surface area contributed by atoms with Gasteiger partial charge in [0.05, 0.1) is 24.9 Å². The van der Waals surface area contributed by atoms with Crippen molar-refractivity contribution in [2.45, 2.75) is 25.3 Å². The lowest BCUT2D eigenvalue weighted by Crippen LogP contribution is -2.47. The average Bonchev–Trinajstić information content (AvgIpc) is 3.13. The van der Waals surface area contributed by atoms with Gasteiger partial charge in [-0.25, -0.2) is 0 Å². The second kappa shape index (κ2) is 4.72. The van der Waals surface area contributed by atoms with Gasteiger partial charge >= 0.3 is 5.97 Å². The fourth-order valence-corrected chi connectivity index (χ4v) is 3.60. The molecule has 19 heavy (non-hydrogen) atoms. The van der Waals surface area contributed by atoms with Crippen LogP contribution in [-0.2, 0) is 9.53 Å². The highest BCUT2D eigenvalue weighted by atomic mass is 16.5. The third-order valence-corrected chi connectivity index (χ3v) is 4.47. The van der Waals surface area contributed by atoms with Crippen molar-refractivity contribution in [2.24, 2.45) is 17.8 Å². The van der Waals surface area contributed by atoms with Gasteiger partial charge in [-0.2, -0.15) is 0 Å². The highest BCUT2D eigenvalue weighted by Crippen LogP contribution is 2.48. The summed E-state index contributed by atoms with van der Waals surface area (Å²) in [5.41, 5.74) is 0.492. The molecule has 0 aromatic carbocycles. The summed E-state index contributed by atoms with van der Waals surface area (Å²) in [5, 5.41) is 2.98. The lowest BCUT2D eigenvalue weighted by Gasteiger charge is -2.29. The van der Waals surface area contributed by atoms with Crippen LogP contribution in [0.25, 0.3) is 0 Å². The SMILES string of the molecule is COC(=O)[C@@H]1[C@H]2CC[C@@H](C2)[C@@H]1NC(=O)c1ccoc1. The predicted octanol–water partition coefficient (Wildman–Crippen LogP) is 1.60. The minimum atomic E-state index is -0.204. The summed E-state index contributed by atoms with van der Waals surface area (Å²) in [5.74, 6) is 0.168. The van der Waals surface area contributed by atoms with E-state index in [9.17, 15) is 9.59 Å². The van der Waals surface area contributed by atoms with Crippen molar-refractivity contribution < 1.29 is 18.7 Å². The van der Waals surface area contributed by atoms with E-state index in [2.05, 4.69) is 5.32 Å². The van der Waals surface area contributed by atoms with E-state index in [4.69, 9.17) is 9.15 Å². The fourth-order valence-electron chi connectivity index (χ4n) is 3.60. The number of carbonyl (C=O) groups is 2. The number of ether oxygens (including phenoxy) is 1. The minimum absolute atomic E-state index is 0.103. The summed E-state index contributed by atoms with van der Waals surface area (Å²) in [6.45, 7) is 0. The molecule has 102 valence electrons. The highest BCUT2D eigenvalue weighted by molar-refractivity contribution is 5.94. The molecule has 2 bridgehead atoms. The zero-order valence-electron chi connectivity index (χ0n) is 10.8. The first-order valence-corrected chi connectivity index (χ1v) is 6.61. The van der Waals surface area contributed by atoms with E-state index >= 15 is 0 Å². The smallest absolute Gasteiger partial charge is 0.311 e. The maximum absolute atomic E-state index is 12.1. The summed E-state index contributed by atoms with van der Waals surface area (Å²) >= 11 is 0. The van der Waals surface area contributed by atoms with E-state index < -0.39 is 0 Å². The average molecular weight is 263 g/mol. The van der Waals surface area contributed by atoms with Crippen LogP contribution < -0.4 is 5.32 Å². The van der Waals surface area contributed by atoms with Crippen LogP contribution in [0.1, 0.15) is 29.6 Å². The molecule has 1 heterocycles. The molecule has 5 nitrogen and oxygen atoms in total. The first-order valence-electron chi connectivity index (χ1n) is 6.61. The maximum atomic E-state index is 12.1. The van der Waals surface area contributed by atoms with Crippen LogP contribution in [0, 0.1) is 17.8 Å². The lowest BCUT2D eigenvalue weighted by atomic mass is 9.84. The van der Waals surface area contributed by atoms with E-state index in [0.717, 1.165) is 19.3 Å². The summed E-state index contributed by atoms with van der Waals surface area (Å²) in [7, 11) is 1.41. The predicted molar refractivity (Wildman–Crippen MR) is 66.3 cm³/mol. The van der Waals surface area contributed by atoms with Crippen LogP contribution in [0.5, 0.6) is 0 Å². The van der Waals surface area contributed by atoms with Crippen LogP contribution in [-0.4, -0.2) is 25.0 Å². The molecular formula is C14H17NO4. The van der Waals surface area contributed by atoms with Gasteiger partial charge in [0, 0.05) is 6.04 Å². The third kappa shape index (κ3) is 2.03. The number of esters is 1. The number of hydrogen-bond donors (Lipinski definition) is 1. The summed E-state index contributed by atoms with van der Waals surface area (Å²) in [4.78, 5) is 24.0. The number of nitrogens with one attached hydrogen (secondary N) is 1. The zero-order valence-corrected chi connectivity index (χ0v) is 10.8. The van der Waals surface area contributed by atoms with Crippen molar-refractivity contribution in [1.29, 1.82) is 0 Å². The maximum Gasteiger partial charge on any atom is 0.311 e. The number of carbonyl (C=O) groups excluding carboxylic acids is 2. The number of amides is 1. The number of hydrogen-bond acceptors (Lipinski definition) is 4. The highest BCUT2D eigenvalue weighted by Gasteiger charge is 2.52. The Labute approximate surface area is 111 Å². The largest absolute Gasteiger partial charge is 0.472 e. The summed E-state index contributed by atoms with van der Waals surface area (Å²) < 4.78 is 9.79. The molecule has 0 spiro atoms. The Morgan fingerprint density at radius 3 is 2.84 bits per heavy atom. The van der Waals surface area contributed by atoms with Gasteiger partial charge in [0.1, 0.15) is 6.26 Å². The van der Waals surface area contributed by atoms with E-state index in [1.165, 1.54) is 19.6 Å². The number of methoxy groups -OCH3 is 1. The third-order valence-electron chi connectivity index (χ3n) is 4.47. The molecule has 2 aliphatic rings. The topological polar surface area (TPSA) is 68.5 Å². The van der Waals surface area contributed by atoms with Crippen molar-refractivity contribution in [2.75, 3.05) is 7.11 Å². The van der Waals surface area contributed by atoms with Crippen molar-refractivity contribution in [3.8, 4) is 0 Å². The Hall–Kier alpha value is -1.78. The van der Waals surface area contributed by atoms with Crippen molar-refractivity contribution in [3.63, 3.8) is 0 Å². The van der Waals surface area contributed by atoms with Gasteiger partial charge in [-0.3, -0.25) is 9.59 Å². The van der Waals surface area contributed by atoms with Gasteiger partial charge < -0.3 is 14.5 Å². The second-order valence-electron chi connectivity index (χ2n) is 5.39. The first-order chi connectivity index (χ1) is 9.20. The monoisotopic (exact) mass is 263 g/mol. The molecule has 1 amide bonds. The zero-order chi connectivity index (χ0) is 13.4. The van der Waals surface area contributed by atoms with Crippen molar-refractivity contribution in [3.05, 3.63) is 24.2 Å². The van der Waals surface area contributed by atoms with Crippen molar-refractivity contribution >= 4 is 11.9 Å². The Morgan fingerprint density at radius 1 is 1.37 bits per heavy atom. The Kier molecular flexibility index (Phi) is 3.05. The van der Waals surface area contributed by atoms with E-state index in [1.807, 2.05) is 0 Å². The number of furan rings is 1. The van der Waals surface area contributed by atoms with Crippen LogP contribution in [0.4, 0.5) is 0 Å². The molecule has 2 aliphatic carbocycles. The molecule has 0 aliphatic heterocycles. The van der Waals surface area contributed by atoms with Gasteiger partial charge in [0.2, 0.25) is 0 Å². The normalized spacial score (nSPS) is 32.3. The van der Waals surface area contributed by atoms with Gasteiger partial charge in [-0.1, -0.05) is 0 Å². The molecule has 2 saturated carbocycles. The number of rotatable bonds is 3. The molecule has 0 saturated heterocycles. The molecule has 1 aromatic rings. The first kappa shape index (κ1) is 12.3. The molecule has 5 heteroatoms. The minimum Gasteiger partial charge on any atom is -0.472 e. The van der Waals surface area contributed by atoms with Crippen LogP contribution in [0.2, 0.25) is 0 Å². The van der Waals surface area contributed by atoms with Gasteiger partial charge in [-0.15, -0.1) is 0 Å². The van der Waals surface area contributed by atoms with Gasteiger partial charge in [0.25, 0.3) is 5.91 Å². The lowest BCUT2D eigenvalue weighted by molar-refractivity contribution is -0.148. The number of fused-ring (bicyclic) bond motifs is 2. The second-order valence-corrected chi connectivity index (χ2v) is 5.39. The molecule has 0 radical (unpaired) electrons. The van der Waals surface area contributed by atoms with Crippen molar-refractivity contribution in [1.82, 2.24) is 5.32 Å². The standard InChI is InChI=1S/C14H17NO4/c1-18-14(17)11-8-2-3-9(6-8)12(11)15-13(16)10-4-5-19-7-10/h4-5,7-9,11-12H,2-3,6H2,1H3,(H,15,16)/t8-,9-,11+,12-/m0/s1. The van der Waals surface area contributed by atoms with E-state index in [1.54, 1.807) is 6.07 Å². The van der Waals surface area contributed by atoms with Crippen LogP contribution in [0.3, 0.4) is 0 Å². The molecule has 1 aromatic heterocycles. The summed E-state index contributed by atoms with van der Waals surface area (Å²) in [6.07, 6.45) is 6.02. The van der Waals surface area contributed by atoms with E-state index in [0.29, 0.717) is 17.4 Å². The molecule has 1 N–H and O–H groups in total. The Morgan fingerprint density at radius 2 is 2.16 bits per heavy atom. The van der Waals surface area contributed by atoms with Crippen LogP contribution in [0.15, 0.2) is 23.0 Å². The molecule has 2 fully saturated rings. The molecule has 3 rings (SSSR count). The van der Waals surface area contributed by atoms with Crippen LogP contribution >= 0.6 is 0 Å². The van der Waals surface area contributed by atoms with Gasteiger partial charge in [-0.05, 0) is 37.2 Å². The molecule has 4 atom stereocenters. The molecular weight excluding hydrogens is 246 g/mol. The Bertz CT molecular complexity index is 482. The molecule has 0 unspecified atom stereocenters. The van der Waals surface area contributed by atoms with Gasteiger partial charge in [0.15, 0.2) is 0 Å². The Balaban J connectivity index is 1.75.